The zero-order valence-electron chi connectivity index (χ0n) is 13.5. The Morgan fingerprint density at radius 2 is 1.79 bits per heavy atom. The second-order valence-corrected chi connectivity index (χ2v) is 6.81. The van der Waals surface area contributed by atoms with Crippen LogP contribution < -0.4 is 5.32 Å². The molecule has 0 radical (unpaired) electrons. The third kappa shape index (κ3) is 4.41. The summed E-state index contributed by atoms with van der Waals surface area (Å²) in [5.74, 6) is -0.152. The van der Waals surface area contributed by atoms with E-state index in [-0.39, 0.29) is 11.8 Å². The van der Waals surface area contributed by atoms with Crippen LogP contribution in [0.1, 0.15) is 41.7 Å². The molecule has 2 amide bonds. The number of nitrogens with one attached hydrogen (secondary N) is 1. The van der Waals surface area contributed by atoms with E-state index >= 15 is 0 Å². The van der Waals surface area contributed by atoms with E-state index in [0.717, 1.165) is 31.5 Å². The summed E-state index contributed by atoms with van der Waals surface area (Å²) >= 11 is 1.30. The Morgan fingerprint density at radius 3 is 2.50 bits per heavy atom. The number of amides is 2. The van der Waals surface area contributed by atoms with Crippen molar-refractivity contribution in [2.75, 3.05) is 18.4 Å². The lowest BCUT2D eigenvalue weighted by Gasteiger charge is -2.18. The van der Waals surface area contributed by atoms with Crippen LogP contribution in [-0.4, -0.2) is 34.8 Å². The van der Waals surface area contributed by atoms with E-state index in [1.807, 2.05) is 35.2 Å². The number of benzene rings is 1. The van der Waals surface area contributed by atoms with Crippen LogP contribution in [0.2, 0.25) is 0 Å². The van der Waals surface area contributed by atoms with Crippen LogP contribution in [0.3, 0.4) is 0 Å². The molecule has 3 rings (SSSR count). The number of hydrogen-bond donors (Lipinski definition) is 1. The van der Waals surface area contributed by atoms with E-state index in [9.17, 15) is 9.59 Å². The van der Waals surface area contributed by atoms with Gasteiger partial charge in [-0.1, -0.05) is 43.2 Å². The predicted molar refractivity (Wildman–Crippen MR) is 95.3 cm³/mol. The molecular weight excluding hydrogens is 322 g/mol. The van der Waals surface area contributed by atoms with Crippen molar-refractivity contribution in [3.05, 3.63) is 47.0 Å². The smallest absolute Gasteiger partial charge is 0.273 e. The fourth-order valence-electron chi connectivity index (χ4n) is 2.81. The second-order valence-electron chi connectivity index (χ2n) is 5.95. The molecule has 0 unspecified atom stereocenters. The first-order valence-corrected chi connectivity index (χ1v) is 9.19. The zero-order valence-corrected chi connectivity index (χ0v) is 14.3. The summed E-state index contributed by atoms with van der Waals surface area (Å²) < 4.78 is 0. The van der Waals surface area contributed by atoms with E-state index < -0.39 is 0 Å². The van der Waals surface area contributed by atoms with Gasteiger partial charge >= 0.3 is 0 Å². The first-order valence-electron chi connectivity index (χ1n) is 8.31. The largest absolute Gasteiger partial charge is 0.337 e. The average Bonchev–Trinajstić information content (AvgIpc) is 2.88. The van der Waals surface area contributed by atoms with E-state index in [4.69, 9.17) is 0 Å². The molecule has 1 aromatic heterocycles. The number of hydrogen-bond acceptors (Lipinski definition) is 4. The average molecular weight is 343 g/mol. The predicted octanol–water partition coefficient (Wildman–Crippen LogP) is 3.34. The van der Waals surface area contributed by atoms with E-state index in [1.165, 1.54) is 24.2 Å². The molecule has 6 heteroatoms. The minimum atomic E-state index is -0.121. The Labute approximate surface area is 145 Å². The molecule has 1 aliphatic heterocycles. The maximum absolute atomic E-state index is 12.5. The van der Waals surface area contributed by atoms with Gasteiger partial charge in [0.2, 0.25) is 5.91 Å². The molecule has 126 valence electrons. The Balaban J connectivity index is 1.58. The molecule has 0 aliphatic carbocycles. The number of aromatic nitrogens is 1. The van der Waals surface area contributed by atoms with Crippen molar-refractivity contribution in [2.45, 2.75) is 32.1 Å². The SMILES string of the molecule is O=C(Cc1ccccc1)Nc1nc(C(=O)N2CCCCCC2)cs1. The van der Waals surface area contributed by atoms with E-state index in [1.54, 1.807) is 5.38 Å². The molecule has 0 spiro atoms. The highest BCUT2D eigenvalue weighted by Gasteiger charge is 2.20. The number of anilines is 1. The van der Waals surface area contributed by atoms with Crippen molar-refractivity contribution in [1.29, 1.82) is 0 Å². The number of nitrogens with zero attached hydrogens (tertiary/aromatic N) is 2. The molecule has 1 saturated heterocycles. The summed E-state index contributed by atoms with van der Waals surface area (Å²) in [7, 11) is 0. The topological polar surface area (TPSA) is 62.3 Å². The summed E-state index contributed by atoms with van der Waals surface area (Å²) in [6.07, 6.45) is 4.77. The molecule has 1 fully saturated rings. The standard InChI is InChI=1S/C18H21N3O2S/c22-16(12-14-8-4-3-5-9-14)20-18-19-15(13-24-18)17(23)21-10-6-1-2-7-11-21/h3-5,8-9,13H,1-2,6-7,10-12H2,(H,19,20,22). The van der Waals surface area contributed by atoms with Crippen LogP contribution >= 0.6 is 11.3 Å². The molecule has 2 heterocycles. The van der Waals surface area contributed by atoms with Gasteiger partial charge in [-0.2, -0.15) is 0 Å². The van der Waals surface area contributed by atoms with Gasteiger partial charge in [-0.05, 0) is 18.4 Å². The lowest BCUT2D eigenvalue weighted by Crippen LogP contribution is -2.32. The van der Waals surface area contributed by atoms with E-state index in [2.05, 4.69) is 10.3 Å². The van der Waals surface area contributed by atoms with Gasteiger partial charge in [-0.15, -0.1) is 11.3 Å². The third-order valence-corrected chi connectivity index (χ3v) is 4.83. The van der Waals surface area contributed by atoms with Crippen LogP contribution in [0.5, 0.6) is 0 Å². The summed E-state index contributed by atoms with van der Waals surface area (Å²) in [6.45, 7) is 1.60. The quantitative estimate of drug-likeness (QED) is 0.926. The van der Waals surface area contributed by atoms with Crippen molar-refractivity contribution in [1.82, 2.24) is 9.88 Å². The van der Waals surface area contributed by atoms with Crippen molar-refractivity contribution >= 4 is 28.3 Å². The fourth-order valence-corrected chi connectivity index (χ4v) is 3.51. The van der Waals surface area contributed by atoms with E-state index in [0.29, 0.717) is 17.2 Å². The summed E-state index contributed by atoms with van der Waals surface area (Å²) in [5, 5.41) is 4.99. The Morgan fingerprint density at radius 1 is 1.08 bits per heavy atom. The fraction of sp³-hybridized carbons (Fsp3) is 0.389. The molecule has 1 aliphatic rings. The zero-order chi connectivity index (χ0) is 16.8. The Kier molecular flexibility index (Phi) is 5.59. The van der Waals surface area contributed by atoms with Crippen molar-refractivity contribution in [2.24, 2.45) is 0 Å². The van der Waals surface area contributed by atoms with Gasteiger partial charge in [-0.25, -0.2) is 4.98 Å². The van der Waals surface area contributed by atoms with Crippen molar-refractivity contribution in [3.8, 4) is 0 Å². The first-order chi connectivity index (χ1) is 11.7. The van der Waals surface area contributed by atoms with Crippen LogP contribution in [0, 0.1) is 0 Å². The number of carbonyl (C=O) groups excluding carboxylic acids is 2. The maximum atomic E-state index is 12.5. The summed E-state index contributed by atoms with van der Waals surface area (Å²) in [5.41, 5.74) is 1.38. The lowest BCUT2D eigenvalue weighted by atomic mass is 10.1. The van der Waals surface area contributed by atoms with Gasteiger partial charge in [0.1, 0.15) is 5.69 Å². The highest BCUT2D eigenvalue weighted by atomic mass is 32.1. The van der Waals surface area contributed by atoms with Gasteiger partial charge in [0.05, 0.1) is 6.42 Å². The highest BCUT2D eigenvalue weighted by molar-refractivity contribution is 7.14. The van der Waals surface area contributed by atoms with Crippen molar-refractivity contribution < 1.29 is 9.59 Å². The van der Waals surface area contributed by atoms with Gasteiger partial charge in [0.25, 0.3) is 5.91 Å². The Hall–Kier alpha value is -2.21. The monoisotopic (exact) mass is 343 g/mol. The number of thiazole rings is 1. The summed E-state index contributed by atoms with van der Waals surface area (Å²) in [6, 6.07) is 9.56. The number of likely N-dealkylation sites (tertiary alicyclic amines) is 1. The van der Waals surface area contributed by atoms with Crippen LogP contribution in [-0.2, 0) is 11.2 Å². The Bertz CT molecular complexity index is 691. The number of carbonyl (C=O) groups is 2. The molecule has 0 bridgehead atoms. The molecule has 5 nitrogen and oxygen atoms in total. The van der Waals surface area contributed by atoms with Crippen LogP contribution in [0.25, 0.3) is 0 Å². The van der Waals surface area contributed by atoms with Gasteiger partial charge < -0.3 is 10.2 Å². The normalized spacial score (nSPS) is 14.9. The molecule has 0 atom stereocenters. The number of rotatable bonds is 4. The van der Waals surface area contributed by atoms with Crippen molar-refractivity contribution in [3.63, 3.8) is 0 Å². The molecule has 1 aromatic carbocycles. The molecule has 2 aromatic rings. The highest BCUT2D eigenvalue weighted by Crippen LogP contribution is 2.19. The van der Waals surface area contributed by atoms with Gasteiger partial charge in [0, 0.05) is 18.5 Å². The second kappa shape index (κ2) is 8.06. The van der Waals surface area contributed by atoms with Gasteiger partial charge in [-0.3, -0.25) is 9.59 Å². The minimum Gasteiger partial charge on any atom is -0.337 e. The van der Waals surface area contributed by atoms with Crippen LogP contribution in [0.4, 0.5) is 5.13 Å². The molecular formula is C18H21N3O2S. The minimum absolute atomic E-state index is 0.0308. The lowest BCUT2D eigenvalue weighted by molar-refractivity contribution is -0.115. The molecule has 24 heavy (non-hydrogen) atoms. The van der Waals surface area contributed by atoms with Gasteiger partial charge in [0.15, 0.2) is 5.13 Å². The molecule has 1 N–H and O–H groups in total. The first kappa shape index (κ1) is 16.6. The summed E-state index contributed by atoms with van der Waals surface area (Å²) in [4.78, 5) is 30.7. The maximum Gasteiger partial charge on any atom is 0.273 e. The molecule has 0 saturated carbocycles. The third-order valence-electron chi connectivity index (χ3n) is 4.07. The van der Waals surface area contributed by atoms with Crippen LogP contribution in [0.15, 0.2) is 35.7 Å².